The Morgan fingerprint density at radius 2 is 1.94 bits per heavy atom. The van der Waals surface area contributed by atoms with Crippen LogP contribution in [0.3, 0.4) is 0 Å². The number of carbonyl (C=O) groups is 1. The van der Waals surface area contributed by atoms with Crippen LogP contribution in [-0.4, -0.2) is 40.5 Å². The number of hydrogen-bond acceptors (Lipinski definition) is 6. The third-order valence-corrected chi connectivity index (χ3v) is 7.23. The van der Waals surface area contributed by atoms with Crippen molar-refractivity contribution in [3.8, 4) is 0 Å². The number of aromatic nitrogens is 3. The lowest BCUT2D eigenvalue weighted by atomic mass is 9.95. The zero-order valence-electron chi connectivity index (χ0n) is 17.5. The number of thiophene rings is 1. The molecule has 6 nitrogen and oxygen atoms in total. The normalized spacial score (nSPS) is 16.0. The molecular formula is C24H25N5OS. The summed E-state index contributed by atoms with van der Waals surface area (Å²) in [5.41, 5.74) is 2.22. The first-order valence-corrected chi connectivity index (χ1v) is 11.6. The van der Waals surface area contributed by atoms with Crippen molar-refractivity contribution in [3.05, 3.63) is 60.6 Å². The van der Waals surface area contributed by atoms with E-state index in [1.54, 1.807) is 17.7 Å². The van der Waals surface area contributed by atoms with E-state index >= 15 is 0 Å². The summed E-state index contributed by atoms with van der Waals surface area (Å²) in [6, 6.07) is 14.3. The molecule has 1 unspecified atom stereocenters. The molecule has 4 aromatic rings. The maximum atomic E-state index is 12.7. The van der Waals surface area contributed by atoms with E-state index in [2.05, 4.69) is 50.3 Å². The highest BCUT2D eigenvalue weighted by atomic mass is 32.1. The predicted molar refractivity (Wildman–Crippen MR) is 126 cm³/mol. The minimum atomic E-state index is 0.0561. The SMILES string of the molecule is CC(CNC(=O)C1CCN(c2ncnc3c2sc2ncccc23)CC1)c1ccccc1. The number of nitrogens with one attached hydrogen (secondary N) is 1. The van der Waals surface area contributed by atoms with Crippen LogP contribution in [0.25, 0.3) is 20.4 Å². The molecule has 0 saturated carbocycles. The van der Waals surface area contributed by atoms with Gasteiger partial charge in [0.2, 0.25) is 5.91 Å². The number of rotatable bonds is 5. The second-order valence-corrected chi connectivity index (χ2v) is 9.15. The van der Waals surface area contributed by atoms with Crippen LogP contribution in [0.15, 0.2) is 55.0 Å². The Labute approximate surface area is 185 Å². The molecule has 3 aromatic heterocycles. The minimum absolute atomic E-state index is 0.0561. The largest absolute Gasteiger partial charge is 0.355 e. The Balaban J connectivity index is 1.23. The summed E-state index contributed by atoms with van der Waals surface area (Å²) in [4.78, 5) is 29.6. The smallest absolute Gasteiger partial charge is 0.223 e. The molecule has 1 aliphatic rings. The zero-order valence-corrected chi connectivity index (χ0v) is 18.3. The van der Waals surface area contributed by atoms with E-state index in [-0.39, 0.29) is 11.8 Å². The van der Waals surface area contributed by atoms with Crippen molar-refractivity contribution in [1.82, 2.24) is 20.3 Å². The van der Waals surface area contributed by atoms with Crippen LogP contribution in [-0.2, 0) is 4.79 Å². The molecule has 1 aliphatic heterocycles. The average molecular weight is 432 g/mol. The van der Waals surface area contributed by atoms with Crippen LogP contribution in [0.4, 0.5) is 5.82 Å². The minimum Gasteiger partial charge on any atom is -0.355 e. The van der Waals surface area contributed by atoms with E-state index in [9.17, 15) is 4.79 Å². The van der Waals surface area contributed by atoms with Crippen LogP contribution < -0.4 is 10.2 Å². The first-order valence-electron chi connectivity index (χ1n) is 10.8. The van der Waals surface area contributed by atoms with Crippen LogP contribution in [0.2, 0.25) is 0 Å². The summed E-state index contributed by atoms with van der Waals surface area (Å²) >= 11 is 1.64. The van der Waals surface area contributed by atoms with Gasteiger partial charge in [-0.15, -0.1) is 11.3 Å². The van der Waals surface area contributed by atoms with Gasteiger partial charge in [-0.2, -0.15) is 0 Å². The number of amides is 1. The first kappa shape index (κ1) is 19.9. The molecule has 0 radical (unpaired) electrons. The number of benzene rings is 1. The van der Waals surface area contributed by atoms with Crippen molar-refractivity contribution in [1.29, 1.82) is 0 Å². The molecule has 1 fully saturated rings. The second kappa shape index (κ2) is 8.59. The van der Waals surface area contributed by atoms with Crippen LogP contribution in [0, 0.1) is 5.92 Å². The number of hydrogen-bond donors (Lipinski definition) is 1. The van der Waals surface area contributed by atoms with Gasteiger partial charge in [0.15, 0.2) is 0 Å². The highest BCUT2D eigenvalue weighted by Crippen LogP contribution is 2.37. The fourth-order valence-corrected chi connectivity index (χ4v) is 5.39. The van der Waals surface area contributed by atoms with Crippen LogP contribution in [0.1, 0.15) is 31.2 Å². The van der Waals surface area contributed by atoms with Gasteiger partial charge in [-0.25, -0.2) is 15.0 Å². The summed E-state index contributed by atoms with van der Waals surface area (Å²) in [6.07, 6.45) is 5.12. The van der Waals surface area contributed by atoms with Gasteiger partial charge in [-0.05, 0) is 36.5 Å². The lowest BCUT2D eigenvalue weighted by Crippen LogP contribution is -2.41. The quantitative estimate of drug-likeness (QED) is 0.508. The first-order chi connectivity index (χ1) is 15.2. The molecule has 1 aromatic carbocycles. The molecule has 158 valence electrons. The molecule has 31 heavy (non-hydrogen) atoms. The van der Waals surface area contributed by atoms with E-state index < -0.39 is 0 Å². The summed E-state index contributed by atoms with van der Waals surface area (Å²) < 4.78 is 1.08. The van der Waals surface area contributed by atoms with Gasteiger partial charge >= 0.3 is 0 Å². The van der Waals surface area contributed by atoms with E-state index in [4.69, 9.17) is 0 Å². The van der Waals surface area contributed by atoms with E-state index in [1.807, 2.05) is 30.5 Å². The third kappa shape index (κ3) is 3.97. The summed E-state index contributed by atoms with van der Waals surface area (Å²) in [6.45, 7) is 4.46. The van der Waals surface area contributed by atoms with E-state index in [1.165, 1.54) is 5.56 Å². The monoisotopic (exact) mass is 431 g/mol. The van der Waals surface area contributed by atoms with Gasteiger partial charge < -0.3 is 10.2 Å². The summed E-state index contributed by atoms with van der Waals surface area (Å²) in [5.74, 6) is 1.49. The standard InChI is InChI=1S/C24H25N5OS/c1-16(17-6-3-2-4-7-17)14-26-23(30)18-9-12-29(13-10-18)22-21-20(27-15-28-22)19-8-5-11-25-24(19)31-21/h2-8,11,15-16,18H,9-10,12-14H2,1H3,(H,26,30). The Morgan fingerprint density at radius 3 is 2.74 bits per heavy atom. The third-order valence-electron chi connectivity index (χ3n) is 6.13. The van der Waals surface area contributed by atoms with Gasteiger partial charge in [0.05, 0.1) is 10.2 Å². The molecule has 1 amide bonds. The van der Waals surface area contributed by atoms with E-state index in [0.29, 0.717) is 12.5 Å². The molecule has 7 heteroatoms. The predicted octanol–water partition coefficient (Wildman–Crippen LogP) is 4.38. The molecule has 1 N–H and O–H groups in total. The number of nitrogens with zero attached hydrogens (tertiary/aromatic N) is 4. The summed E-state index contributed by atoms with van der Waals surface area (Å²) in [5, 5.41) is 4.24. The number of anilines is 1. The molecule has 0 bridgehead atoms. The van der Waals surface area contributed by atoms with Crippen molar-refractivity contribution >= 4 is 43.5 Å². The molecule has 1 saturated heterocycles. The fourth-order valence-electron chi connectivity index (χ4n) is 4.28. The highest BCUT2D eigenvalue weighted by molar-refractivity contribution is 7.25. The van der Waals surface area contributed by atoms with Gasteiger partial charge in [0, 0.05) is 37.1 Å². The van der Waals surface area contributed by atoms with Gasteiger partial charge in [-0.3, -0.25) is 4.79 Å². The Kier molecular flexibility index (Phi) is 5.51. The Morgan fingerprint density at radius 1 is 1.13 bits per heavy atom. The molecule has 4 heterocycles. The molecule has 5 rings (SSSR count). The van der Waals surface area contributed by atoms with Crippen molar-refractivity contribution in [2.24, 2.45) is 5.92 Å². The maximum Gasteiger partial charge on any atom is 0.223 e. The number of pyridine rings is 1. The average Bonchev–Trinajstić information content (AvgIpc) is 3.22. The van der Waals surface area contributed by atoms with Crippen LogP contribution >= 0.6 is 11.3 Å². The second-order valence-electron chi connectivity index (χ2n) is 8.15. The molecule has 0 spiro atoms. The maximum absolute atomic E-state index is 12.7. The fraction of sp³-hybridized carbons (Fsp3) is 0.333. The lowest BCUT2D eigenvalue weighted by Gasteiger charge is -2.32. The van der Waals surface area contributed by atoms with Gasteiger partial charge in [-0.1, -0.05) is 37.3 Å². The topological polar surface area (TPSA) is 71.0 Å². The van der Waals surface area contributed by atoms with E-state index in [0.717, 1.165) is 52.2 Å². The number of fused-ring (bicyclic) bond motifs is 3. The van der Waals surface area contributed by atoms with Crippen LogP contribution in [0.5, 0.6) is 0 Å². The molecule has 1 atom stereocenters. The lowest BCUT2D eigenvalue weighted by molar-refractivity contribution is -0.125. The molecule has 0 aliphatic carbocycles. The zero-order chi connectivity index (χ0) is 21.2. The summed E-state index contributed by atoms with van der Waals surface area (Å²) in [7, 11) is 0. The molecular weight excluding hydrogens is 406 g/mol. The van der Waals surface area contributed by atoms with Crippen molar-refractivity contribution in [2.75, 3.05) is 24.5 Å². The van der Waals surface area contributed by atoms with Crippen molar-refractivity contribution in [2.45, 2.75) is 25.7 Å². The van der Waals surface area contributed by atoms with Gasteiger partial charge in [0.1, 0.15) is 17.0 Å². The number of carbonyl (C=O) groups excluding carboxylic acids is 1. The van der Waals surface area contributed by atoms with Crippen molar-refractivity contribution < 1.29 is 4.79 Å². The highest BCUT2D eigenvalue weighted by Gasteiger charge is 2.27. The van der Waals surface area contributed by atoms with Gasteiger partial charge in [0.25, 0.3) is 0 Å². The Bertz CT molecular complexity index is 1200. The van der Waals surface area contributed by atoms with Crippen molar-refractivity contribution in [3.63, 3.8) is 0 Å². The number of piperidine rings is 1. The Hall–Kier alpha value is -3.06.